The van der Waals surface area contributed by atoms with Crippen molar-refractivity contribution >= 4 is 12.1 Å². The van der Waals surface area contributed by atoms with Gasteiger partial charge >= 0.3 is 12.1 Å². The normalized spacial score (nSPS) is 15.7. The van der Waals surface area contributed by atoms with Gasteiger partial charge in [-0.05, 0) is 12.8 Å². The van der Waals surface area contributed by atoms with Crippen LogP contribution in [-0.2, 0) is 14.3 Å². The van der Waals surface area contributed by atoms with Crippen molar-refractivity contribution in [3.05, 3.63) is 0 Å². The number of amides is 1. The highest BCUT2D eigenvalue weighted by molar-refractivity contribution is 5.86. The Morgan fingerprint density at radius 2 is 1.60 bits per heavy atom. The molecule has 0 aliphatic heterocycles. The Labute approximate surface area is 119 Å². The second-order valence-electron chi connectivity index (χ2n) is 4.59. The second-order valence-corrected chi connectivity index (χ2v) is 4.59. The van der Waals surface area contributed by atoms with Crippen LogP contribution in [0.15, 0.2) is 0 Å². The molecule has 5 heteroatoms. The molecule has 0 spiro atoms. The van der Waals surface area contributed by atoms with Crippen molar-refractivity contribution in [3.63, 3.8) is 0 Å². The number of hydrogen-bond donors (Lipinski definition) is 1. The van der Waals surface area contributed by atoms with Gasteiger partial charge in [-0.25, -0.2) is 9.59 Å². The monoisotopic (exact) mass is 277 g/mol. The zero-order valence-electron chi connectivity index (χ0n) is 11.4. The fraction of sp³-hybridized carbons (Fsp3) is 0.600. The highest BCUT2D eigenvalue weighted by atomic mass is 16.6. The van der Waals surface area contributed by atoms with Crippen molar-refractivity contribution in [2.45, 2.75) is 44.1 Å². The van der Waals surface area contributed by atoms with Gasteiger partial charge in [0.05, 0.1) is 0 Å². The largest absolute Gasteiger partial charge is 0.463 e. The number of carbonyl (C=O) groups is 2. The van der Waals surface area contributed by atoms with Crippen molar-refractivity contribution in [3.8, 4) is 24.7 Å². The number of ether oxygens (including phenoxy) is 2. The van der Waals surface area contributed by atoms with Gasteiger partial charge in [0.1, 0.15) is 18.8 Å². The van der Waals surface area contributed by atoms with Gasteiger partial charge in [0.25, 0.3) is 0 Å². The van der Waals surface area contributed by atoms with Gasteiger partial charge in [-0.15, -0.1) is 24.7 Å². The van der Waals surface area contributed by atoms with Gasteiger partial charge in [-0.3, -0.25) is 0 Å². The van der Waals surface area contributed by atoms with Crippen LogP contribution in [0.2, 0.25) is 0 Å². The Balaban J connectivity index is 2.54. The number of esters is 1. The van der Waals surface area contributed by atoms with Crippen LogP contribution in [0.25, 0.3) is 0 Å². The molecule has 1 fully saturated rings. The number of alkyl carbamates (subject to hydrolysis) is 1. The summed E-state index contributed by atoms with van der Waals surface area (Å²) in [4.78, 5) is 23.8. The first-order chi connectivity index (χ1) is 9.64. The molecule has 0 radical (unpaired) electrons. The minimum atomic E-state index is -0.984. The third kappa shape index (κ3) is 4.51. The molecule has 0 aromatic heterocycles. The van der Waals surface area contributed by atoms with Crippen molar-refractivity contribution in [1.29, 1.82) is 0 Å². The highest BCUT2D eigenvalue weighted by Gasteiger charge is 2.44. The van der Waals surface area contributed by atoms with Crippen molar-refractivity contribution in [2.24, 2.45) is 0 Å². The minimum absolute atomic E-state index is 0.130. The summed E-state index contributed by atoms with van der Waals surface area (Å²) in [7, 11) is 0. The summed E-state index contributed by atoms with van der Waals surface area (Å²) in [6.07, 6.45) is 13.0. The van der Waals surface area contributed by atoms with Gasteiger partial charge in [-0.2, -0.15) is 0 Å². The molecule has 1 amide bonds. The molecule has 0 unspecified atom stereocenters. The molecule has 5 nitrogen and oxygen atoms in total. The minimum Gasteiger partial charge on any atom is -0.463 e. The first-order valence-corrected chi connectivity index (χ1v) is 6.64. The van der Waals surface area contributed by atoms with E-state index in [4.69, 9.17) is 22.3 Å². The van der Waals surface area contributed by atoms with Gasteiger partial charge in [0, 0.05) is 12.8 Å². The summed E-state index contributed by atoms with van der Waals surface area (Å²) in [5, 5.41) is 2.62. The average Bonchev–Trinajstić information content (AvgIpc) is 2.89. The van der Waals surface area contributed by atoms with E-state index in [0.717, 1.165) is 12.8 Å². The van der Waals surface area contributed by atoms with Crippen molar-refractivity contribution in [1.82, 2.24) is 5.32 Å². The van der Waals surface area contributed by atoms with Gasteiger partial charge in [0.2, 0.25) is 0 Å². The van der Waals surface area contributed by atoms with Crippen molar-refractivity contribution < 1.29 is 19.1 Å². The van der Waals surface area contributed by atoms with Crippen molar-refractivity contribution in [2.75, 3.05) is 13.2 Å². The van der Waals surface area contributed by atoms with E-state index < -0.39 is 17.6 Å². The topological polar surface area (TPSA) is 64.6 Å². The summed E-state index contributed by atoms with van der Waals surface area (Å²) in [5.74, 6) is 4.32. The smallest absolute Gasteiger partial charge is 0.408 e. The zero-order chi connectivity index (χ0) is 14.8. The summed E-state index contributed by atoms with van der Waals surface area (Å²) < 4.78 is 10.0. The number of terminal acetylenes is 2. The fourth-order valence-electron chi connectivity index (χ4n) is 2.13. The van der Waals surface area contributed by atoms with Crippen LogP contribution in [-0.4, -0.2) is 30.8 Å². The molecule has 0 bridgehead atoms. The lowest BCUT2D eigenvalue weighted by molar-refractivity contribution is -0.151. The average molecular weight is 277 g/mol. The SMILES string of the molecule is C#CCCOC(=O)NC1(C(=O)OCCC#C)CCCC1. The van der Waals surface area contributed by atoms with E-state index in [0.29, 0.717) is 25.7 Å². The molecule has 1 N–H and O–H groups in total. The standard InChI is InChI=1S/C15H19NO4/c1-3-5-11-19-13(17)15(9-7-8-10-15)16-14(18)20-12-6-4-2/h1-2H,5-12H2,(H,16,18). The molecular formula is C15H19NO4. The Morgan fingerprint density at radius 3 is 2.15 bits per heavy atom. The van der Waals surface area contributed by atoms with Crippen LogP contribution in [0.5, 0.6) is 0 Å². The molecular weight excluding hydrogens is 258 g/mol. The lowest BCUT2D eigenvalue weighted by Gasteiger charge is -2.27. The molecule has 1 aliphatic carbocycles. The fourth-order valence-corrected chi connectivity index (χ4v) is 2.13. The maximum atomic E-state index is 12.1. The number of nitrogens with one attached hydrogen (secondary N) is 1. The summed E-state index contributed by atoms with van der Waals surface area (Å²) in [6, 6.07) is 0. The molecule has 0 aromatic carbocycles. The predicted octanol–water partition coefficient (Wildman–Crippen LogP) is 1.62. The molecule has 0 heterocycles. The third-order valence-electron chi connectivity index (χ3n) is 3.15. The highest BCUT2D eigenvalue weighted by Crippen LogP contribution is 2.31. The van der Waals surface area contributed by atoms with Crippen LogP contribution in [0.3, 0.4) is 0 Å². The molecule has 1 rings (SSSR count). The summed E-state index contributed by atoms with van der Waals surface area (Å²) in [6.45, 7) is 0.287. The maximum Gasteiger partial charge on any atom is 0.408 e. The molecule has 0 saturated heterocycles. The number of carbonyl (C=O) groups excluding carboxylic acids is 2. The molecule has 108 valence electrons. The summed E-state index contributed by atoms with van der Waals surface area (Å²) in [5.41, 5.74) is -0.984. The van der Waals surface area contributed by atoms with E-state index in [-0.39, 0.29) is 13.2 Å². The van der Waals surface area contributed by atoms with E-state index >= 15 is 0 Å². The Hall–Kier alpha value is -2.14. The Morgan fingerprint density at radius 1 is 1.05 bits per heavy atom. The number of hydrogen-bond acceptors (Lipinski definition) is 4. The van der Waals surface area contributed by atoms with Crippen LogP contribution in [0.4, 0.5) is 4.79 Å². The van der Waals surface area contributed by atoms with E-state index in [1.165, 1.54) is 0 Å². The Kier molecular flexibility index (Phi) is 6.46. The molecule has 0 aromatic rings. The van der Waals surface area contributed by atoms with E-state index in [2.05, 4.69) is 17.2 Å². The maximum absolute atomic E-state index is 12.1. The Bertz CT molecular complexity index is 424. The van der Waals surface area contributed by atoms with Gasteiger partial charge < -0.3 is 14.8 Å². The van der Waals surface area contributed by atoms with Crippen LogP contribution >= 0.6 is 0 Å². The van der Waals surface area contributed by atoms with E-state index in [1.807, 2.05) is 0 Å². The van der Waals surface area contributed by atoms with Gasteiger partial charge in [0.15, 0.2) is 0 Å². The quantitative estimate of drug-likeness (QED) is 0.455. The first-order valence-electron chi connectivity index (χ1n) is 6.64. The molecule has 1 aliphatic rings. The second kappa shape index (κ2) is 8.12. The number of rotatable bonds is 6. The van der Waals surface area contributed by atoms with E-state index in [9.17, 15) is 9.59 Å². The summed E-state index contributed by atoms with van der Waals surface area (Å²) >= 11 is 0. The first kappa shape index (κ1) is 15.9. The third-order valence-corrected chi connectivity index (χ3v) is 3.15. The molecule has 0 atom stereocenters. The predicted molar refractivity (Wildman–Crippen MR) is 73.5 cm³/mol. The molecule has 20 heavy (non-hydrogen) atoms. The van der Waals surface area contributed by atoms with Crippen LogP contribution in [0.1, 0.15) is 38.5 Å². The van der Waals surface area contributed by atoms with Gasteiger partial charge in [-0.1, -0.05) is 12.8 Å². The lowest BCUT2D eigenvalue weighted by Crippen LogP contribution is -2.53. The van der Waals surface area contributed by atoms with E-state index in [1.54, 1.807) is 0 Å². The van der Waals surface area contributed by atoms with Crippen LogP contribution in [0, 0.1) is 24.7 Å². The lowest BCUT2D eigenvalue weighted by atomic mass is 9.98. The van der Waals surface area contributed by atoms with Crippen LogP contribution < -0.4 is 5.32 Å². The zero-order valence-corrected chi connectivity index (χ0v) is 11.4. The molecule has 1 saturated carbocycles.